The van der Waals surface area contributed by atoms with E-state index in [2.05, 4.69) is 34.8 Å². The fourth-order valence-electron chi connectivity index (χ4n) is 3.55. The first-order valence-corrected chi connectivity index (χ1v) is 11.8. The summed E-state index contributed by atoms with van der Waals surface area (Å²) in [7, 11) is -2.45. The molecule has 8 heteroatoms. The third kappa shape index (κ3) is 4.95. The highest BCUT2D eigenvalue weighted by molar-refractivity contribution is 7.91. The van der Waals surface area contributed by atoms with Crippen LogP contribution >= 0.6 is 11.3 Å². The van der Waals surface area contributed by atoms with Gasteiger partial charge >= 0.3 is 5.97 Å². The van der Waals surface area contributed by atoms with E-state index in [1.54, 1.807) is 6.92 Å². The summed E-state index contributed by atoms with van der Waals surface area (Å²) in [4.78, 5) is 15.5. The van der Waals surface area contributed by atoms with Crippen molar-refractivity contribution < 1.29 is 17.9 Å². The van der Waals surface area contributed by atoms with E-state index in [4.69, 9.17) is 4.74 Å². The van der Waals surface area contributed by atoms with Crippen molar-refractivity contribution in [2.24, 2.45) is 0 Å². The van der Waals surface area contributed by atoms with Crippen LogP contribution in [0, 0.1) is 0 Å². The summed E-state index contributed by atoms with van der Waals surface area (Å²) >= 11 is 1.17. The second-order valence-electron chi connectivity index (χ2n) is 7.02. The highest BCUT2D eigenvalue weighted by Crippen LogP contribution is 2.36. The van der Waals surface area contributed by atoms with Crippen molar-refractivity contribution in [3.63, 3.8) is 0 Å². The lowest BCUT2D eigenvalue weighted by Gasteiger charge is -2.27. The molecule has 29 heavy (non-hydrogen) atoms. The van der Waals surface area contributed by atoms with Gasteiger partial charge in [-0.1, -0.05) is 48.9 Å². The predicted octanol–water partition coefficient (Wildman–Crippen LogP) is 3.29. The lowest BCUT2D eigenvalue weighted by atomic mass is 10.0. The van der Waals surface area contributed by atoms with Crippen molar-refractivity contribution in [1.29, 1.82) is 0 Å². The number of methoxy groups -OCH3 is 1. The molecular formula is C21H26N2O4S2. The van der Waals surface area contributed by atoms with Crippen molar-refractivity contribution in [3.8, 4) is 0 Å². The first kappa shape index (κ1) is 21.7. The number of thiophene rings is 1. The zero-order valence-corrected chi connectivity index (χ0v) is 18.5. The van der Waals surface area contributed by atoms with Gasteiger partial charge in [-0.25, -0.2) is 17.9 Å². The number of hydrogen-bond donors (Lipinski definition) is 1. The van der Waals surface area contributed by atoms with Crippen LogP contribution in [0.15, 0.2) is 40.1 Å². The molecule has 0 unspecified atom stereocenters. The average Bonchev–Trinajstić information content (AvgIpc) is 3.08. The predicted molar refractivity (Wildman–Crippen MR) is 116 cm³/mol. The molecule has 156 valence electrons. The number of carbonyl (C=O) groups is 1. The lowest BCUT2D eigenvalue weighted by molar-refractivity contribution is 0.0595. The second-order valence-corrected chi connectivity index (χ2v) is 10.1. The minimum absolute atomic E-state index is 0.0644. The van der Waals surface area contributed by atoms with Gasteiger partial charge in [0.15, 0.2) is 0 Å². The van der Waals surface area contributed by atoms with Crippen LogP contribution in [0.1, 0.15) is 40.2 Å². The van der Waals surface area contributed by atoms with Crippen molar-refractivity contribution >= 4 is 33.4 Å². The Balaban J connectivity index is 1.86. The molecule has 1 aliphatic heterocycles. The van der Waals surface area contributed by atoms with Gasteiger partial charge in [-0.05, 0) is 24.5 Å². The maximum Gasteiger partial charge on any atom is 0.340 e. The topological polar surface area (TPSA) is 75.7 Å². The Morgan fingerprint density at radius 3 is 2.69 bits per heavy atom. The molecule has 1 aromatic carbocycles. The average molecular weight is 435 g/mol. The van der Waals surface area contributed by atoms with Crippen LogP contribution in [0.3, 0.4) is 0 Å². The Hall–Kier alpha value is -2.00. The summed E-state index contributed by atoms with van der Waals surface area (Å²) in [5, 5.41) is 0. The molecule has 1 aliphatic rings. The molecule has 0 saturated carbocycles. The Morgan fingerprint density at radius 1 is 1.31 bits per heavy atom. The van der Waals surface area contributed by atoms with Crippen LogP contribution in [0.5, 0.6) is 0 Å². The lowest BCUT2D eigenvalue weighted by Crippen LogP contribution is -2.31. The van der Waals surface area contributed by atoms with E-state index in [1.165, 1.54) is 24.0 Å². The monoisotopic (exact) mass is 434 g/mol. The first-order valence-electron chi connectivity index (χ1n) is 9.52. The number of hydrogen-bond acceptors (Lipinski definition) is 6. The van der Waals surface area contributed by atoms with Gasteiger partial charge in [0.25, 0.3) is 10.0 Å². The van der Waals surface area contributed by atoms with Crippen LogP contribution < -0.4 is 4.72 Å². The Morgan fingerprint density at radius 2 is 2.03 bits per heavy atom. The molecule has 2 heterocycles. The van der Waals surface area contributed by atoms with Crippen LogP contribution in [-0.2, 0) is 27.7 Å². The molecule has 0 radical (unpaired) electrons. The first-order chi connectivity index (χ1) is 13.9. The molecule has 0 saturated heterocycles. The van der Waals surface area contributed by atoms with Gasteiger partial charge < -0.3 is 4.74 Å². The van der Waals surface area contributed by atoms with Crippen LogP contribution in [0.2, 0.25) is 0 Å². The highest BCUT2D eigenvalue weighted by Gasteiger charge is 2.33. The van der Waals surface area contributed by atoms with E-state index >= 15 is 0 Å². The number of nitrogens with one attached hydrogen (secondary N) is 1. The molecule has 2 aromatic rings. The van der Waals surface area contributed by atoms with E-state index < -0.39 is 16.0 Å². The maximum absolute atomic E-state index is 12.6. The quantitative estimate of drug-likeness (QED) is 0.677. The van der Waals surface area contributed by atoms with Crippen LogP contribution in [0.4, 0.5) is 0 Å². The summed E-state index contributed by atoms with van der Waals surface area (Å²) in [6, 6.07) is 10.2. The molecule has 0 spiro atoms. The molecule has 3 rings (SSSR count). The van der Waals surface area contributed by atoms with Gasteiger partial charge in [0, 0.05) is 31.1 Å². The van der Waals surface area contributed by atoms with Crippen molar-refractivity contribution in [2.75, 3.05) is 26.7 Å². The summed E-state index contributed by atoms with van der Waals surface area (Å²) < 4.78 is 32.7. The standard InChI is InChI=1S/C21H26N2O4S2/c1-4-22-29(25,26)21-19(20(24)27-3)17-10-11-23(14-18(17)28-21)13-15(2)12-16-8-6-5-7-9-16/h5-9,12,22H,4,10-11,13-14H2,1-3H3/b15-12+. The number of carbonyl (C=O) groups excluding carboxylic acids is 1. The van der Waals surface area contributed by atoms with E-state index in [0.717, 1.165) is 29.1 Å². The minimum Gasteiger partial charge on any atom is -0.465 e. The van der Waals surface area contributed by atoms with E-state index in [1.807, 2.05) is 18.2 Å². The number of esters is 1. The fraction of sp³-hybridized carbons (Fsp3) is 0.381. The second kappa shape index (κ2) is 9.21. The molecular weight excluding hydrogens is 408 g/mol. The van der Waals surface area contributed by atoms with Gasteiger partial charge in [0.2, 0.25) is 0 Å². The fourth-order valence-corrected chi connectivity index (χ4v) is 6.56. The third-order valence-corrected chi connectivity index (χ3v) is 8.04. The van der Waals surface area contributed by atoms with Crippen molar-refractivity contribution in [3.05, 3.63) is 57.5 Å². The molecule has 6 nitrogen and oxygen atoms in total. The Bertz CT molecular complexity index is 1010. The summed E-state index contributed by atoms with van der Waals surface area (Å²) in [6.45, 7) is 6.24. The smallest absolute Gasteiger partial charge is 0.340 e. The van der Waals surface area contributed by atoms with Gasteiger partial charge in [-0.3, -0.25) is 4.90 Å². The molecule has 0 amide bonds. The van der Waals surface area contributed by atoms with Gasteiger partial charge in [0.1, 0.15) is 4.21 Å². The van der Waals surface area contributed by atoms with Crippen LogP contribution in [-0.4, -0.2) is 46.0 Å². The SMILES string of the molecule is CCNS(=O)(=O)c1sc2c(c1C(=O)OC)CCN(C/C(C)=C/c1ccccc1)C2. The van der Waals surface area contributed by atoms with Gasteiger partial charge in [-0.2, -0.15) is 0 Å². The molecule has 0 fully saturated rings. The number of nitrogens with zero attached hydrogens (tertiary/aromatic N) is 1. The van der Waals surface area contributed by atoms with E-state index in [9.17, 15) is 13.2 Å². The summed E-state index contributed by atoms with van der Waals surface area (Å²) in [6.07, 6.45) is 2.78. The van der Waals surface area contributed by atoms with Crippen molar-refractivity contribution in [1.82, 2.24) is 9.62 Å². The van der Waals surface area contributed by atoms with Crippen LogP contribution in [0.25, 0.3) is 6.08 Å². The maximum atomic E-state index is 12.6. The molecule has 1 aromatic heterocycles. The largest absolute Gasteiger partial charge is 0.465 e. The molecule has 1 N–H and O–H groups in total. The normalized spacial score (nSPS) is 15.2. The zero-order chi connectivity index (χ0) is 21.0. The number of sulfonamides is 1. The highest BCUT2D eigenvalue weighted by atomic mass is 32.2. The minimum atomic E-state index is -3.73. The molecule has 0 bridgehead atoms. The summed E-state index contributed by atoms with van der Waals surface area (Å²) in [5.74, 6) is -0.590. The van der Waals surface area contributed by atoms with E-state index in [0.29, 0.717) is 13.0 Å². The Kier molecular flexibility index (Phi) is 6.89. The number of fused-ring (bicyclic) bond motifs is 1. The number of ether oxygens (including phenoxy) is 1. The molecule has 0 aliphatic carbocycles. The van der Waals surface area contributed by atoms with Gasteiger partial charge in [-0.15, -0.1) is 11.3 Å². The van der Waals surface area contributed by atoms with Gasteiger partial charge in [0.05, 0.1) is 12.7 Å². The van der Waals surface area contributed by atoms with Crippen molar-refractivity contribution in [2.45, 2.75) is 31.0 Å². The summed E-state index contributed by atoms with van der Waals surface area (Å²) in [5.41, 5.74) is 3.39. The third-order valence-electron chi connectivity index (χ3n) is 4.76. The number of benzene rings is 1. The molecule has 0 atom stereocenters. The zero-order valence-electron chi connectivity index (χ0n) is 16.9. The van der Waals surface area contributed by atoms with E-state index in [-0.39, 0.29) is 16.3 Å². The Labute approximate surface area is 176 Å². The number of rotatable bonds is 7.